The van der Waals surface area contributed by atoms with E-state index in [1.165, 1.54) is 10.7 Å². The summed E-state index contributed by atoms with van der Waals surface area (Å²) in [6.45, 7) is 10.1. The summed E-state index contributed by atoms with van der Waals surface area (Å²) in [7, 11) is -3.59. The molecule has 5 aliphatic heterocycles. The molecule has 0 aromatic heterocycles. The molecule has 3 aromatic rings. The predicted molar refractivity (Wildman–Crippen MR) is 244 cm³/mol. The lowest BCUT2D eigenvalue weighted by Gasteiger charge is -2.60. The third kappa shape index (κ3) is 10.6. The van der Waals surface area contributed by atoms with Crippen LogP contribution in [0.15, 0.2) is 103 Å². The Morgan fingerprint density at radius 3 is 2.23 bits per heavy atom. The van der Waals surface area contributed by atoms with Gasteiger partial charge in [0.25, 0.3) is 0 Å². The highest BCUT2D eigenvalue weighted by atomic mass is 31.2. The second-order valence-corrected chi connectivity index (χ2v) is 20.5. The number of ether oxygens (including phenoxy) is 4. The number of fused-ring (bicyclic) bond motifs is 2. The Labute approximate surface area is 388 Å². The van der Waals surface area contributed by atoms with E-state index < -0.39 is 67.7 Å². The number of hydrogen-bond donors (Lipinski definition) is 1. The average Bonchev–Trinajstić information content (AvgIpc) is 3.61. The zero-order valence-electron chi connectivity index (χ0n) is 38.7. The summed E-state index contributed by atoms with van der Waals surface area (Å²) in [6, 6.07) is 26.2. The van der Waals surface area contributed by atoms with Crippen LogP contribution in [0.4, 0.5) is 4.79 Å². The van der Waals surface area contributed by atoms with E-state index in [9.17, 15) is 18.9 Å². The fraction of sp³-hybridized carbons (Fsp3) is 0.549. The summed E-state index contributed by atoms with van der Waals surface area (Å²) in [5.74, 6) is -0.373. The molecule has 0 radical (unpaired) electrons. The van der Waals surface area contributed by atoms with E-state index in [-0.39, 0.29) is 69.2 Å². The highest BCUT2D eigenvalue weighted by Crippen LogP contribution is 2.61. The molecule has 1 spiro atoms. The first-order valence-corrected chi connectivity index (χ1v) is 25.3. The van der Waals surface area contributed by atoms with Crippen LogP contribution in [-0.4, -0.2) is 84.6 Å². The van der Waals surface area contributed by atoms with Crippen LogP contribution in [0.3, 0.4) is 0 Å². The Balaban J connectivity index is 1.04. The first kappa shape index (κ1) is 48.2. The van der Waals surface area contributed by atoms with Gasteiger partial charge in [-0.15, -0.1) is 0 Å². The summed E-state index contributed by atoms with van der Waals surface area (Å²) in [5, 5.41) is 3.06. The Bertz CT molecular complexity index is 2190. The molecule has 5 heterocycles. The van der Waals surface area contributed by atoms with Crippen LogP contribution in [0.25, 0.3) is 0 Å². The summed E-state index contributed by atoms with van der Waals surface area (Å²) < 4.78 is 50.5. The first-order chi connectivity index (χ1) is 31.8. The van der Waals surface area contributed by atoms with Gasteiger partial charge in [-0.2, -0.15) is 0 Å². The number of rotatable bonds is 18. The molecule has 1 saturated carbocycles. The van der Waals surface area contributed by atoms with Gasteiger partial charge in [0.15, 0.2) is 24.0 Å². The molecule has 5 saturated heterocycles. The number of Topliss-reactive ketones (excluding diaryl/α,β-unsaturated/α-hetero) is 1. The zero-order chi connectivity index (χ0) is 46.5. The van der Waals surface area contributed by atoms with Gasteiger partial charge in [-0.05, 0) is 75.0 Å². The SMILES string of the molecule is CCOP(=O)(/C=C/C(CC(=O)[C@H](Cc1ccccc1)NC(=O)[C@@H]1C[C@@H](O[C@H]2O[C@@H]3O[C@]4(C)CC[C@H]5[C@H](C)CC[C@@H]([C@H]2C)[C@@]35OO4)CN1C(=O)OCc1ccccc1)c1ccccc1)OCC. The maximum atomic E-state index is 14.8. The maximum Gasteiger partial charge on any atom is 0.410 e. The zero-order valence-corrected chi connectivity index (χ0v) is 39.6. The third-order valence-corrected chi connectivity index (χ3v) is 16.0. The Morgan fingerprint density at radius 1 is 0.879 bits per heavy atom. The maximum absolute atomic E-state index is 14.8. The molecule has 2 amide bonds. The van der Waals surface area contributed by atoms with Gasteiger partial charge in [0.05, 0.1) is 31.9 Å². The van der Waals surface area contributed by atoms with E-state index in [1.54, 1.807) is 19.9 Å². The molecule has 2 bridgehead atoms. The molecule has 1 unspecified atom stereocenters. The number of nitrogens with one attached hydrogen (secondary N) is 1. The number of benzene rings is 3. The van der Waals surface area contributed by atoms with Crippen LogP contribution >= 0.6 is 7.60 Å². The molecule has 6 aliphatic rings. The van der Waals surface area contributed by atoms with Gasteiger partial charge in [0, 0.05) is 42.8 Å². The van der Waals surface area contributed by atoms with Crippen molar-refractivity contribution in [2.24, 2.45) is 23.7 Å². The third-order valence-electron chi connectivity index (χ3n) is 14.2. The van der Waals surface area contributed by atoms with E-state index in [0.717, 1.165) is 36.0 Å². The molecule has 12 atom stereocenters. The summed E-state index contributed by atoms with van der Waals surface area (Å²) in [4.78, 5) is 57.3. The van der Waals surface area contributed by atoms with Gasteiger partial charge in [0.2, 0.25) is 11.7 Å². The van der Waals surface area contributed by atoms with Crippen molar-refractivity contribution < 1.29 is 56.7 Å². The normalized spacial score (nSPS) is 31.4. The van der Waals surface area contributed by atoms with Crippen molar-refractivity contribution in [2.75, 3.05) is 19.8 Å². The molecule has 356 valence electrons. The van der Waals surface area contributed by atoms with Gasteiger partial charge in [0.1, 0.15) is 12.6 Å². The van der Waals surface area contributed by atoms with Crippen molar-refractivity contribution in [1.82, 2.24) is 10.2 Å². The van der Waals surface area contributed by atoms with Crippen LogP contribution in [0.5, 0.6) is 0 Å². The fourth-order valence-electron chi connectivity index (χ4n) is 10.8. The lowest BCUT2D eigenvalue weighted by atomic mass is 9.58. The number of carbonyl (C=O) groups excluding carboxylic acids is 3. The van der Waals surface area contributed by atoms with Gasteiger partial charge in [-0.1, -0.05) is 111 Å². The second kappa shape index (κ2) is 21.0. The molecule has 6 fully saturated rings. The topological polar surface area (TPSA) is 157 Å². The van der Waals surface area contributed by atoms with Crippen LogP contribution < -0.4 is 5.32 Å². The van der Waals surface area contributed by atoms with Gasteiger partial charge in [-0.25, -0.2) is 14.6 Å². The average molecular weight is 929 g/mol. The number of allylic oxidation sites excluding steroid dienone is 1. The second-order valence-electron chi connectivity index (χ2n) is 18.6. The van der Waals surface area contributed by atoms with E-state index in [4.69, 9.17) is 37.8 Å². The summed E-state index contributed by atoms with van der Waals surface area (Å²) in [5.41, 5.74) is 1.67. The number of ketones is 1. The van der Waals surface area contributed by atoms with Crippen molar-refractivity contribution >= 4 is 25.4 Å². The lowest BCUT2D eigenvalue weighted by molar-refractivity contribution is -0.578. The number of amides is 2. The summed E-state index contributed by atoms with van der Waals surface area (Å²) >= 11 is 0. The highest BCUT2D eigenvalue weighted by Gasteiger charge is 2.69. The number of likely N-dealkylation sites (tertiary alicyclic amines) is 1. The Hall–Kier alpha value is -4.24. The smallest absolute Gasteiger partial charge is 0.410 e. The van der Waals surface area contributed by atoms with Crippen molar-refractivity contribution in [3.63, 3.8) is 0 Å². The highest BCUT2D eigenvalue weighted by molar-refractivity contribution is 7.57. The van der Waals surface area contributed by atoms with Crippen molar-refractivity contribution in [2.45, 2.75) is 134 Å². The quantitative estimate of drug-likeness (QED) is 0.0954. The molecule has 14 nitrogen and oxygen atoms in total. The van der Waals surface area contributed by atoms with E-state index in [1.807, 2.05) is 97.9 Å². The standard InChI is InChI=1S/C51H65N2O12P/c1-6-59-66(57,60-7-2)28-26-39(38-21-15-10-16-22-38)30-45(54)43(29-36-17-11-8-12-18-36)52-46(55)44-31-40(32-53(44)49(56)58-33-37-19-13-9-14-20-37)61-47-35(4)42-24-23-34(3)41-25-27-50(5)63-48(62-47)51(41,42)65-64-50/h8-22,26,28,34-35,39-44,47-48H,6-7,23-25,27,29-33H2,1-5H3,(H,52,55)/b28-26+/t34-,35-,39?,40-,41+,42+,43+,44+,47+,48-,50+,51-/m1/s1. The fourth-order valence-corrected chi connectivity index (χ4v) is 12.2. The van der Waals surface area contributed by atoms with Gasteiger partial charge < -0.3 is 33.3 Å². The molecule has 9 rings (SSSR count). The monoisotopic (exact) mass is 928 g/mol. The lowest BCUT2D eigenvalue weighted by Crippen LogP contribution is -2.70. The van der Waals surface area contributed by atoms with Gasteiger partial charge in [-0.3, -0.25) is 19.1 Å². The molecule has 1 N–H and O–H groups in total. The van der Waals surface area contributed by atoms with Crippen LogP contribution in [0.2, 0.25) is 0 Å². The summed E-state index contributed by atoms with van der Waals surface area (Å²) in [6.07, 6.45) is 2.71. The molecule has 3 aromatic carbocycles. The molecule has 1 aliphatic carbocycles. The number of nitrogens with zero attached hydrogens (tertiary/aromatic N) is 1. The minimum absolute atomic E-state index is 0.00501. The van der Waals surface area contributed by atoms with Crippen LogP contribution in [0.1, 0.15) is 95.8 Å². The minimum atomic E-state index is -3.59. The van der Waals surface area contributed by atoms with E-state index in [2.05, 4.69) is 19.2 Å². The first-order valence-electron chi connectivity index (χ1n) is 23.7. The molecular weight excluding hydrogens is 864 g/mol. The predicted octanol–water partition coefficient (Wildman–Crippen LogP) is 9.24. The molecular formula is C51H65N2O12P. The number of carbonyl (C=O) groups is 3. The largest absolute Gasteiger partial charge is 0.445 e. The van der Waals surface area contributed by atoms with Crippen molar-refractivity contribution in [3.05, 3.63) is 120 Å². The minimum Gasteiger partial charge on any atom is -0.445 e. The Kier molecular flexibility index (Phi) is 15.3. The molecule has 66 heavy (non-hydrogen) atoms. The van der Waals surface area contributed by atoms with Crippen LogP contribution in [0, 0.1) is 23.7 Å². The molecule has 15 heteroatoms. The van der Waals surface area contributed by atoms with E-state index in [0.29, 0.717) is 12.3 Å². The number of hydrogen-bond acceptors (Lipinski definition) is 12. The van der Waals surface area contributed by atoms with Crippen LogP contribution in [-0.2, 0) is 65.0 Å². The Morgan fingerprint density at radius 2 is 1.55 bits per heavy atom. The van der Waals surface area contributed by atoms with Crippen molar-refractivity contribution in [1.29, 1.82) is 0 Å². The van der Waals surface area contributed by atoms with Gasteiger partial charge >= 0.3 is 13.7 Å². The van der Waals surface area contributed by atoms with Crippen molar-refractivity contribution in [3.8, 4) is 0 Å². The van der Waals surface area contributed by atoms with E-state index >= 15 is 0 Å².